The first-order valence-corrected chi connectivity index (χ1v) is 3.75. The van der Waals surface area contributed by atoms with E-state index < -0.39 is 0 Å². The van der Waals surface area contributed by atoms with Crippen molar-refractivity contribution in [1.29, 1.82) is 0 Å². The first-order valence-electron chi connectivity index (χ1n) is 3.75. The van der Waals surface area contributed by atoms with Crippen LogP contribution in [0.1, 0.15) is 13.3 Å². The lowest BCUT2D eigenvalue weighted by Gasteiger charge is -2.11. The van der Waals surface area contributed by atoms with Crippen molar-refractivity contribution in [3.05, 3.63) is 0 Å². The predicted molar refractivity (Wildman–Crippen MR) is 39.3 cm³/mol. The molecule has 0 radical (unpaired) electrons. The van der Waals surface area contributed by atoms with Crippen LogP contribution >= 0.6 is 0 Å². The molecule has 0 bridgehead atoms. The molecule has 0 aliphatic carbocycles. The van der Waals surface area contributed by atoms with Gasteiger partial charge in [-0.05, 0) is 12.5 Å². The highest BCUT2D eigenvalue weighted by molar-refractivity contribution is 5.77. The lowest BCUT2D eigenvalue weighted by Crippen LogP contribution is -2.29. The van der Waals surface area contributed by atoms with Crippen LogP contribution in [0.4, 0.5) is 0 Å². The molecule has 1 aliphatic heterocycles. The van der Waals surface area contributed by atoms with Crippen molar-refractivity contribution in [3.63, 3.8) is 0 Å². The number of amides is 1. The van der Waals surface area contributed by atoms with Gasteiger partial charge in [-0.3, -0.25) is 4.79 Å². The SMILES string of the molecule is CCC1CNCC1C(N)=O. The molecule has 3 heteroatoms. The highest BCUT2D eigenvalue weighted by Crippen LogP contribution is 2.18. The normalized spacial score (nSPS) is 32.5. The molecule has 1 rings (SSSR count). The molecule has 1 aliphatic rings. The van der Waals surface area contributed by atoms with Crippen LogP contribution in [-0.2, 0) is 4.79 Å². The van der Waals surface area contributed by atoms with Crippen molar-refractivity contribution in [2.45, 2.75) is 13.3 Å². The van der Waals surface area contributed by atoms with Crippen molar-refractivity contribution in [2.75, 3.05) is 13.1 Å². The molecule has 1 saturated heterocycles. The molecule has 58 valence electrons. The summed E-state index contributed by atoms with van der Waals surface area (Å²) < 4.78 is 0. The first-order chi connectivity index (χ1) is 4.75. The third-order valence-electron chi connectivity index (χ3n) is 2.23. The highest BCUT2D eigenvalue weighted by atomic mass is 16.1. The number of nitrogens with two attached hydrogens (primary N) is 1. The number of hydrogen-bond donors (Lipinski definition) is 2. The summed E-state index contributed by atoms with van der Waals surface area (Å²) in [5.41, 5.74) is 5.18. The fraction of sp³-hybridized carbons (Fsp3) is 0.857. The number of carbonyl (C=O) groups is 1. The van der Waals surface area contributed by atoms with E-state index in [1.165, 1.54) is 0 Å². The molecule has 3 N–H and O–H groups in total. The molecule has 10 heavy (non-hydrogen) atoms. The number of hydrogen-bond acceptors (Lipinski definition) is 2. The molecule has 3 nitrogen and oxygen atoms in total. The number of rotatable bonds is 2. The van der Waals surface area contributed by atoms with Crippen LogP contribution in [0.3, 0.4) is 0 Å². The van der Waals surface area contributed by atoms with Crippen LogP contribution in [0.25, 0.3) is 0 Å². The summed E-state index contributed by atoms with van der Waals surface area (Å²) in [4.78, 5) is 10.8. The average Bonchev–Trinajstić information content (AvgIpc) is 2.33. The van der Waals surface area contributed by atoms with Crippen LogP contribution in [0.5, 0.6) is 0 Å². The largest absolute Gasteiger partial charge is 0.369 e. The minimum absolute atomic E-state index is 0.0741. The monoisotopic (exact) mass is 142 g/mol. The minimum Gasteiger partial charge on any atom is -0.369 e. The summed E-state index contributed by atoms with van der Waals surface area (Å²) in [7, 11) is 0. The van der Waals surface area contributed by atoms with E-state index in [1.54, 1.807) is 0 Å². The molecule has 1 heterocycles. The van der Waals surface area contributed by atoms with Gasteiger partial charge in [-0.15, -0.1) is 0 Å². The summed E-state index contributed by atoms with van der Waals surface area (Å²) in [6, 6.07) is 0. The smallest absolute Gasteiger partial charge is 0.222 e. The topological polar surface area (TPSA) is 55.1 Å². The van der Waals surface area contributed by atoms with Crippen molar-refractivity contribution < 1.29 is 4.79 Å². The number of nitrogens with one attached hydrogen (secondary N) is 1. The standard InChI is InChI=1S/C7H14N2O/c1-2-5-3-9-4-6(5)7(8)10/h5-6,9H,2-4H2,1H3,(H2,8,10). The van der Waals surface area contributed by atoms with E-state index in [2.05, 4.69) is 12.2 Å². The summed E-state index contributed by atoms with van der Waals surface area (Å²) in [6.07, 6.45) is 1.04. The maximum Gasteiger partial charge on any atom is 0.222 e. The van der Waals surface area contributed by atoms with Gasteiger partial charge in [0, 0.05) is 6.54 Å². The van der Waals surface area contributed by atoms with E-state index >= 15 is 0 Å². The maximum absolute atomic E-state index is 10.8. The Balaban J connectivity index is 2.50. The van der Waals surface area contributed by atoms with E-state index in [4.69, 9.17) is 5.73 Å². The first kappa shape index (κ1) is 7.54. The van der Waals surface area contributed by atoms with Gasteiger partial charge in [0.05, 0.1) is 5.92 Å². The van der Waals surface area contributed by atoms with Crippen LogP contribution in [0.2, 0.25) is 0 Å². The van der Waals surface area contributed by atoms with Crippen LogP contribution in [0.15, 0.2) is 0 Å². The predicted octanol–water partition coefficient (Wildman–Crippen LogP) is -0.283. The Morgan fingerprint density at radius 2 is 2.40 bits per heavy atom. The fourth-order valence-corrected chi connectivity index (χ4v) is 1.49. The number of carbonyl (C=O) groups excluding carboxylic acids is 1. The summed E-state index contributed by atoms with van der Waals surface area (Å²) in [6.45, 7) is 3.81. The second kappa shape index (κ2) is 3.01. The van der Waals surface area contributed by atoms with Gasteiger partial charge in [0.25, 0.3) is 0 Å². The highest BCUT2D eigenvalue weighted by Gasteiger charge is 2.29. The molecule has 1 amide bonds. The zero-order valence-corrected chi connectivity index (χ0v) is 6.26. The second-order valence-corrected chi connectivity index (χ2v) is 2.84. The lowest BCUT2D eigenvalue weighted by atomic mass is 9.93. The van der Waals surface area contributed by atoms with Gasteiger partial charge in [0.15, 0.2) is 0 Å². The van der Waals surface area contributed by atoms with Crippen molar-refractivity contribution in [1.82, 2.24) is 5.32 Å². The minimum atomic E-state index is -0.156. The van der Waals surface area contributed by atoms with Crippen LogP contribution in [0, 0.1) is 11.8 Å². The Hall–Kier alpha value is -0.570. The van der Waals surface area contributed by atoms with Gasteiger partial charge in [0.2, 0.25) is 5.91 Å². The Kier molecular flexibility index (Phi) is 2.27. The molecule has 2 atom stereocenters. The van der Waals surface area contributed by atoms with E-state index in [-0.39, 0.29) is 11.8 Å². The van der Waals surface area contributed by atoms with E-state index in [0.29, 0.717) is 5.92 Å². The molecule has 0 spiro atoms. The Morgan fingerprint density at radius 3 is 2.80 bits per heavy atom. The van der Waals surface area contributed by atoms with Gasteiger partial charge in [-0.1, -0.05) is 13.3 Å². The second-order valence-electron chi connectivity index (χ2n) is 2.84. The van der Waals surface area contributed by atoms with Gasteiger partial charge >= 0.3 is 0 Å². The third-order valence-corrected chi connectivity index (χ3v) is 2.23. The zero-order valence-electron chi connectivity index (χ0n) is 6.26. The van der Waals surface area contributed by atoms with Crippen molar-refractivity contribution in [3.8, 4) is 0 Å². The molecule has 1 fully saturated rings. The van der Waals surface area contributed by atoms with Crippen molar-refractivity contribution >= 4 is 5.91 Å². The maximum atomic E-state index is 10.8. The van der Waals surface area contributed by atoms with Gasteiger partial charge in [0.1, 0.15) is 0 Å². The summed E-state index contributed by atoms with van der Waals surface area (Å²) in [5.74, 6) is 0.388. The molecule has 0 saturated carbocycles. The molecule has 0 aromatic heterocycles. The molecular weight excluding hydrogens is 128 g/mol. The summed E-state index contributed by atoms with van der Waals surface area (Å²) in [5, 5.41) is 3.15. The Labute approximate surface area is 61.0 Å². The van der Waals surface area contributed by atoms with E-state index in [1.807, 2.05) is 0 Å². The quantitative estimate of drug-likeness (QED) is 0.557. The lowest BCUT2D eigenvalue weighted by molar-refractivity contribution is -0.122. The van der Waals surface area contributed by atoms with Crippen LogP contribution < -0.4 is 11.1 Å². The van der Waals surface area contributed by atoms with Crippen molar-refractivity contribution in [2.24, 2.45) is 17.6 Å². The van der Waals surface area contributed by atoms with Gasteiger partial charge in [-0.25, -0.2) is 0 Å². The molecule has 0 aromatic rings. The number of primary amides is 1. The zero-order chi connectivity index (χ0) is 7.56. The van der Waals surface area contributed by atoms with E-state index in [0.717, 1.165) is 19.5 Å². The third kappa shape index (κ3) is 1.29. The molecular formula is C7H14N2O. The Bertz CT molecular complexity index is 136. The average molecular weight is 142 g/mol. The molecule has 0 aromatic carbocycles. The fourth-order valence-electron chi connectivity index (χ4n) is 1.49. The van der Waals surface area contributed by atoms with Crippen LogP contribution in [-0.4, -0.2) is 19.0 Å². The van der Waals surface area contributed by atoms with Gasteiger partial charge < -0.3 is 11.1 Å². The molecule has 2 unspecified atom stereocenters. The summed E-state index contributed by atoms with van der Waals surface area (Å²) >= 11 is 0. The van der Waals surface area contributed by atoms with E-state index in [9.17, 15) is 4.79 Å². The Morgan fingerprint density at radius 1 is 1.70 bits per heavy atom. The van der Waals surface area contributed by atoms with Gasteiger partial charge in [-0.2, -0.15) is 0 Å².